The average Bonchev–Trinajstić information content (AvgIpc) is 2.70. The van der Waals surface area contributed by atoms with Crippen LogP contribution in [-0.2, 0) is 24.2 Å². The number of hydrogen-bond acceptors (Lipinski definition) is 4. The highest BCUT2D eigenvalue weighted by molar-refractivity contribution is 5.85. The van der Waals surface area contributed by atoms with Crippen molar-refractivity contribution in [1.82, 2.24) is 20.1 Å². The monoisotopic (exact) mass is 307 g/mol. The fourth-order valence-corrected chi connectivity index (χ4v) is 3.01. The summed E-state index contributed by atoms with van der Waals surface area (Å²) >= 11 is 0. The van der Waals surface area contributed by atoms with Gasteiger partial charge in [-0.15, -0.1) is 10.2 Å². The van der Waals surface area contributed by atoms with Crippen LogP contribution in [0.25, 0.3) is 0 Å². The van der Waals surface area contributed by atoms with E-state index in [1.54, 1.807) is 6.92 Å². The number of carbonyl (C=O) groups is 1. The van der Waals surface area contributed by atoms with Gasteiger partial charge in [-0.1, -0.05) is 19.8 Å². The van der Waals surface area contributed by atoms with Crippen LogP contribution < -0.4 is 11.1 Å². The molecular formula is C16H29N5O. The lowest BCUT2D eigenvalue weighted by Crippen LogP contribution is -2.51. The molecule has 1 aliphatic heterocycles. The molecule has 2 rings (SSSR count). The summed E-state index contributed by atoms with van der Waals surface area (Å²) < 4.78 is 2.26. The molecule has 1 aromatic heterocycles. The van der Waals surface area contributed by atoms with Crippen LogP contribution in [0.5, 0.6) is 0 Å². The van der Waals surface area contributed by atoms with Crippen molar-refractivity contribution in [2.24, 2.45) is 5.73 Å². The molecule has 6 heteroatoms. The van der Waals surface area contributed by atoms with E-state index in [4.69, 9.17) is 5.73 Å². The van der Waals surface area contributed by atoms with Crippen LogP contribution in [0.4, 0.5) is 0 Å². The Morgan fingerprint density at radius 1 is 1.36 bits per heavy atom. The van der Waals surface area contributed by atoms with Gasteiger partial charge in [0.15, 0.2) is 0 Å². The largest absolute Gasteiger partial charge is 0.355 e. The molecule has 1 unspecified atom stereocenters. The highest BCUT2D eigenvalue weighted by Crippen LogP contribution is 2.15. The number of amides is 1. The zero-order chi connectivity index (χ0) is 16.0. The molecule has 0 saturated carbocycles. The maximum atomic E-state index is 12.0. The van der Waals surface area contributed by atoms with Gasteiger partial charge in [0.05, 0.1) is 5.54 Å². The van der Waals surface area contributed by atoms with Crippen molar-refractivity contribution in [3.05, 3.63) is 11.6 Å². The third-order valence-electron chi connectivity index (χ3n) is 4.34. The molecule has 3 N–H and O–H groups in total. The summed E-state index contributed by atoms with van der Waals surface area (Å²) in [6, 6.07) is 0. The molecule has 0 saturated heterocycles. The molecule has 0 spiro atoms. The van der Waals surface area contributed by atoms with Gasteiger partial charge < -0.3 is 15.6 Å². The van der Waals surface area contributed by atoms with Crippen LogP contribution in [0, 0.1) is 0 Å². The zero-order valence-electron chi connectivity index (χ0n) is 13.9. The van der Waals surface area contributed by atoms with Crippen molar-refractivity contribution in [3.63, 3.8) is 0 Å². The molecular weight excluding hydrogens is 278 g/mol. The molecule has 1 aliphatic rings. The SMILES string of the molecule is CCCC(C)(N)C(=O)NCCCc1nnc2n1CCCCC2. The second kappa shape index (κ2) is 7.72. The Labute approximate surface area is 132 Å². The second-order valence-corrected chi connectivity index (χ2v) is 6.52. The van der Waals surface area contributed by atoms with Gasteiger partial charge in [-0.05, 0) is 32.6 Å². The third kappa shape index (κ3) is 4.29. The van der Waals surface area contributed by atoms with E-state index in [0.29, 0.717) is 13.0 Å². The van der Waals surface area contributed by atoms with Crippen LogP contribution >= 0.6 is 0 Å². The number of fused-ring (bicyclic) bond motifs is 1. The molecule has 1 amide bonds. The molecule has 6 nitrogen and oxygen atoms in total. The van der Waals surface area contributed by atoms with Gasteiger partial charge in [0.2, 0.25) is 5.91 Å². The van der Waals surface area contributed by atoms with E-state index in [2.05, 4.69) is 20.1 Å². The van der Waals surface area contributed by atoms with Crippen LogP contribution in [0.1, 0.15) is 64.0 Å². The topological polar surface area (TPSA) is 85.8 Å². The van der Waals surface area contributed by atoms with Gasteiger partial charge in [-0.25, -0.2) is 0 Å². The summed E-state index contributed by atoms with van der Waals surface area (Å²) in [4.78, 5) is 12.0. The molecule has 1 aromatic rings. The lowest BCUT2D eigenvalue weighted by atomic mass is 9.96. The minimum atomic E-state index is -0.763. The Morgan fingerprint density at radius 3 is 2.95 bits per heavy atom. The highest BCUT2D eigenvalue weighted by atomic mass is 16.2. The van der Waals surface area contributed by atoms with Crippen molar-refractivity contribution in [1.29, 1.82) is 0 Å². The Kier molecular flexibility index (Phi) is 5.94. The van der Waals surface area contributed by atoms with Gasteiger partial charge in [0.1, 0.15) is 11.6 Å². The fraction of sp³-hybridized carbons (Fsp3) is 0.812. The van der Waals surface area contributed by atoms with Crippen LogP contribution in [0.2, 0.25) is 0 Å². The third-order valence-corrected chi connectivity index (χ3v) is 4.34. The van der Waals surface area contributed by atoms with E-state index in [1.165, 1.54) is 19.3 Å². The predicted octanol–water partition coefficient (Wildman–Crippen LogP) is 1.57. The maximum Gasteiger partial charge on any atom is 0.239 e. The summed E-state index contributed by atoms with van der Waals surface area (Å²) in [5.41, 5.74) is 5.25. The van der Waals surface area contributed by atoms with Crippen molar-refractivity contribution >= 4 is 5.91 Å². The molecule has 0 aromatic carbocycles. The van der Waals surface area contributed by atoms with Crippen molar-refractivity contribution in [3.8, 4) is 0 Å². The summed E-state index contributed by atoms with van der Waals surface area (Å²) in [6.45, 7) is 5.50. The van der Waals surface area contributed by atoms with Gasteiger partial charge in [0, 0.05) is 25.9 Å². The van der Waals surface area contributed by atoms with E-state index < -0.39 is 5.54 Å². The van der Waals surface area contributed by atoms with Gasteiger partial charge in [0.25, 0.3) is 0 Å². The molecule has 0 bridgehead atoms. The summed E-state index contributed by atoms with van der Waals surface area (Å²) in [6.07, 6.45) is 8.05. The van der Waals surface area contributed by atoms with Crippen LogP contribution in [0.15, 0.2) is 0 Å². The van der Waals surface area contributed by atoms with Crippen molar-refractivity contribution < 1.29 is 4.79 Å². The standard InChI is InChI=1S/C16H29N5O/c1-3-10-16(2,17)15(22)18-11-7-9-14-20-19-13-8-5-4-6-12-21(13)14/h3-12,17H2,1-2H3,(H,18,22). The Morgan fingerprint density at radius 2 is 2.18 bits per heavy atom. The smallest absolute Gasteiger partial charge is 0.239 e. The first-order chi connectivity index (χ1) is 10.5. The van der Waals surface area contributed by atoms with Gasteiger partial charge in [-0.2, -0.15) is 0 Å². The first-order valence-electron chi connectivity index (χ1n) is 8.52. The average molecular weight is 307 g/mol. The second-order valence-electron chi connectivity index (χ2n) is 6.52. The normalized spacial score (nSPS) is 17.4. The number of aryl methyl sites for hydroxylation is 2. The molecule has 0 aliphatic carbocycles. The molecule has 0 radical (unpaired) electrons. The number of nitrogens with one attached hydrogen (secondary N) is 1. The van der Waals surface area contributed by atoms with Gasteiger partial charge in [-0.3, -0.25) is 4.79 Å². The molecule has 22 heavy (non-hydrogen) atoms. The lowest BCUT2D eigenvalue weighted by Gasteiger charge is -2.22. The van der Waals surface area contributed by atoms with Crippen molar-refractivity contribution in [2.75, 3.05) is 6.54 Å². The number of rotatable bonds is 7. The van der Waals surface area contributed by atoms with E-state index >= 15 is 0 Å². The van der Waals surface area contributed by atoms with Gasteiger partial charge >= 0.3 is 0 Å². The number of aromatic nitrogens is 3. The Balaban J connectivity index is 1.78. The number of hydrogen-bond donors (Lipinski definition) is 2. The lowest BCUT2D eigenvalue weighted by molar-refractivity contribution is -0.126. The summed E-state index contributed by atoms with van der Waals surface area (Å²) in [5.74, 6) is 2.11. The quantitative estimate of drug-likeness (QED) is 0.749. The Hall–Kier alpha value is -1.43. The minimum Gasteiger partial charge on any atom is -0.355 e. The van der Waals surface area contributed by atoms with E-state index in [9.17, 15) is 4.79 Å². The van der Waals surface area contributed by atoms with Crippen molar-refractivity contribution in [2.45, 2.75) is 77.3 Å². The first kappa shape index (κ1) is 16.9. The van der Waals surface area contributed by atoms with E-state index in [-0.39, 0.29) is 5.91 Å². The fourth-order valence-electron chi connectivity index (χ4n) is 3.01. The van der Waals surface area contributed by atoms with Crippen LogP contribution in [-0.4, -0.2) is 32.8 Å². The summed E-state index contributed by atoms with van der Waals surface area (Å²) in [5, 5.41) is 11.6. The number of nitrogens with zero attached hydrogens (tertiary/aromatic N) is 3. The molecule has 0 fully saturated rings. The summed E-state index contributed by atoms with van der Waals surface area (Å²) in [7, 11) is 0. The molecule has 124 valence electrons. The number of carbonyl (C=O) groups excluding carboxylic acids is 1. The van der Waals surface area contributed by atoms with Crippen LogP contribution in [0.3, 0.4) is 0 Å². The predicted molar refractivity (Wildman–Crippen MR) is 86.4 cm³/mol. The number of nitrogens with two attached hydrogens (primary N) is 1. The molecule has 1 atom stereocenters. The Bertz CT molecular complexity index is 495. The maximum absolute atomic E-state index is 12.0. The van der Waals surface area contributed by atoms with E-state index in [0.717, 1.165) is 43.9 Å². The van der Waals surface area contributed by atoms with E-state index in [1.807, 2.05) is 6.92 Å². The minimum absolute atomic E-state index is 0.0607. The first-order valence-corrected chi connectivity index (χ1v) is 8.52. The zero-order valence-corrected chi connectivity index (χ0v) is 13.9. The molecule has 2 heterocycles. The highest BCUT2D eigenvalue weighted by Gasteiger charge is 2.26.